The van der Waals surface area contributed by atoms with Crippen LogP contribution >= 0.6 is 0 Å². The van der Waals surface area contributed by atoms with E-state index < -0.39 is 17.7 Å². The zero-order valence-corrected chi connectivity index (χ0v) is 12.2. The molecule has 1 saturated heterocycles. The van der Waals surface area contributed by atoms with Crippen molar-refractivity contribution in [1.29, 1.82) is 0 Å². The van der Waals surface area contributed by atoms with E-state index in [0.29, 0.717) is 31.9 Å². The minimum absolute atomic E-state index is 0.153. The monoisotopic (exact) mass is 300 g/mol. The predicted octanol–water partition coefficient (Wildman–Crippen LogP) is 1.31. The minimum Gasteiger partial charge on any atom is -0.390 e. The average molecular weight is 300 g/mol. The van der Waals surface area contributed by atoms with Gasteiger partial charge in [0.2, 0.25) is 0 Å². The molecule has 4 nitrogen and oxygen atoms in total. The van der Waals surface area contributed by atoms with Gasteiger partial charge in [-0.2, -0.15) is 0 Å². The number of halogens is 2. The van der Waals surface area contributed by atoms with Gasteiger partial charge in [-0.15, -0.1) is 0 Å². The van der Waals surface area contributed by atoms with Gasteiger partial charge in [0.25, 0.3) is 0 Å². The molecule has 21 heavy (non-hydrogen) atoms. The lowest BCUT2D eigenvalue weighted by Crippen LogP contribution is -2.44. The number of ether oxygens (including phenoxy) is 1. The predicted molar refractivity (Wildman–Crippen MR) is 76.0 cm³/mol. The van der Waals surface area contributed by atoms with Crippen molar-refractivity contribution in [1.82, 2.24) is 10.2 Å². The van der Waals surface area contributed by atoms with Gasteiger partial charge in [0.05, 0.1) is 19.3 Å². The van der Waals surface area contributed by atoms with Gasteiger partial charge in [-0.1, -0.05) is 6.07 Å². The third-order valence-electron chi connectivity index (χ3n) is 3.68. The second kappa shape index (κ2) is 7.79. The van der Waals surface area contributed by atoms with Gasteiger partial charge in [-0.25, -0.2) is 8.78 Å². The summed E-state index contributed by atoms with van der Waals surface area (Å²) >= 11 is 0. The Labute approximate surface area is 123 Å². The van der Waals surface area contributed by atoms with Crippen molar-refractivity contribution in [3.8, 4) is 0 Å². The first-order valence-electron chi connectivity index (χ1n) is 7.22. The van der Waals surface area contributed by atoms with E-state index in [9.17, 15) is 13.9 Å². The molecule has 118 valence electrons. The number of morpholine rings is 1. The zero-order chi connectivity index (χ0) is 15.2. The number of benzene rings is 1. The van der Waals surface area contributed by atoms with Crippen molar-refractivity contribution < 1.29 is 18.6 Å². The van der Waals surface area contributed by atoms with Crippen LogP contribution in [0.4, 0.5) is 8.78 Å². The van der Waals surface area contributed by atoms with E-state index in [0.717, 1.165) is 19.2 Å². The third kappa shape index (κ3) is 5.00. The highest BCUT2D eigenvalue weighted by molar-refractivity contribution is 5.20. The summed E-state index contributed by atoms with van der Waals surface area (Å²) < 4.78 is 31.3. The van der Waals surface area contributed by atoms with Crippen LogP contribution in [-0.4, -0.2) is 55.5 Å². The number of aliphatic hydroxyl groups excluding tert-OH is 1. The fraction of sp³-hybridized carbons (Fsp3) is 0.600. The maximum absolute atomic E-state index is 13.2. The van der Waals surface area contributed by atoms with E-state index in [4.69, 9.17) is 4.74 Å². The lowest BCUT2D eigenvalue weighted by atomic mass is 10.1. The summed E-state index contributed by atoms with van der Waals surface area (Å²) in [6.07, 6.45) is -0.504. The van der Waals surface area contributed by atoms with E-state index in [1.807, 2.05) is 6.92 Å². The number of hydrogen-bond donors (Lipinski definition) is 2. The molecule has 0 saturated carbocycles. The summed E-state index contributed by atoms with van der Waals surface area (Å²) in [5.41, 5.74) is 0.660. The maximum atomic E-state index is 13.2. The van der Waals surface area contributed by atoms with Crippen molar-refractivity contribution in [2.75, 3.05) is 39.4 Å². The van der Waals surface area contributed by atoms with Gasteiger partial charge >= 0.3 is 0 Å². The van der Waals surface area contributed by atoms with Crippen LogP contribution in [0.3, 0.4) is 0 Å². The summed E-state index contributed by atoms with van der Waals surface area (Å²) in [6, 6.07) is 3.69. The Kier molecular flexibility index (Phi) is 6.05. The molecule has 0 spiro atoms. The Hall–Kier alpha value is -1.08. The molecule has 1 aromatic rings. The molecule has 1 aliphatic rings. The highest BCUT2D eigenvalue weighted by Gasteiger charge is 2.16. The van der Waals surface area contributed by atoms with Crippen molar-refractivity contribution in [2.45, 2.75) is 19.1 Å². The average Bonchev–Trinajstić information content (AvgIpc) is 2.48. The maximum Gasteiger partial charge on any atom is 0.159 e. The van der Waals surface area contributed by atoms with E-state index in [2.05, 4.69) is 10.2 Å². The molecule has 6 heteroatoms. The number of rotatable bonds is 6. The van der Waals surface area contributed by atoms with E-state index in [-0.39, 0.29) is 6.04 Å². The van der Waals surface area contributed by atoms with Gasteiger partial charge in [-0.3, -0.25) is 4.90 Å². The van der Waals surface area contributed by atoms with E-state index in [1.165, 1.54) is 6.07 Å². The lowest BCUT2D eigenvalue weighted by Gasteiger charge is -2.29. The molecule has 1 fully saturated rings. The van der Waals surface area contributed by atoms with Crippen LogP contribution in [0.25, 0.3) is 0 Å². The van der Waals surface area contributed by atoms with Crippen molar-refractivity contribution >= 4 is 0 Å². The molecule has 2 atom stereocenters. The van der Waals surface area contributed by atoms with Gasteiger partial charge < -0.3 is 15.2 Å². The molecule has 0 radical (unpaired) electrons. The van der Waals surface area contributed by atoms with Gasteiger partial charge in [0.1, 0.15) is 0 Å². The Morgan fingerprint density at radius 2 is 2.00 bits per heavy atom. The van der Waals surface area contributed by atoms with E-state index >= 15 is 0 Å². The molecular formula is C15H22F2N2O2. The SMILES string of the molecule is CC(NCC(O)CN1CCOCC1)c1ccc(F)c(F)c1. The smallest absolute Gasteiger partial charge is 0.159 e. The van der Waals surface area contributed by atoms with Crippen LogP contribution in [0.15, 0.2) is 18.2 Å². The number of aliphatic hydroxyl groups is 1. The highest BCUT2D eigenvalue weighted by atomic mass is 19.2. The van der Waals surface area contributed by atoms with Crippen LogP contribution in [0.5, 0.6) is 0 Å². The molecule has 0 aliphatic carbocycles. The highest BCUT2D eigenvalue weighted by Crippen LogP contribution is 2.15. The number of β-amino-alcohol motifs (C(OH)–C–C–N with tert-alkyl or cyclic N) is 1. The molecule has 1 aliphatic heterocycles. The Bertz CT molecular complexity index is 453. The second-order valence-electron chi connectivity index (χ2n) is 5.37. The van der Waals surface area contributed by atoms with Gasteiger partial charge in [0.15, 0.2) is 11.6 Å². The Morgan fingerprint density at radius 1 is 1.29 bits per heavy atom. The number of nitrogens with one attached hydrogen (secondary N) is 1. The molecule has 2 rings (SSSR count). The van der Waals surface area contributed by atoms with Crippen molar-refractivity contribution in [3.05, 3.63) is 35.4 Å². The van der Waals surface area contributed by atoms with Crippen LogP contribution in [0.2, 0.25) is 0 Å². The summed E-state index contributed by atoms with van der Waals surface area (Å²) in [5.74, 6) is -1.70. The molecule has 0 aromatic heterocycles. The third-order valence-corrected chi connectivity index (χ3v) is 3.68. The van der Waals surface area contributed by atoms with Gasteiger partial charge in [-0.05, 0) is 24.6 Å². The summed E-state index contributed by atoms with van der Waals surface area (Å²) in [5, 5.41) is 13.2. The Balaban J connectivity index is 1.77. The molecule has 1 heterocycles. The van der Waals surface area contributed by atoms with E-state index in [1.54, 1.807) is 6.07 Å². The fourth-order valence-corrected chi connectivity index (χ4v) is 2.36. The number of hydrogen-bond acceptors (Lipinski definition) is 4. The van der Waals surface area contributed by atoms with Crippen LogP contribution in [0, 0.1) is 11.6 Å². The Morgan fingerprint density at radius 3 is 2.67 bits per heavy atom. The quantitative estimate of drug-likeness (QED) is 0.831. The van der Waals surface area contributed by atoms with Crippen LogP contribution in [-0.2, 0) is 4.74 Å². The summed E-state index contributed by atoms with van der Waals surface area (Å²) in [6.45, 7) is 5.90. The molecule has 2 N–H and O–H groups in total. The van der Waals surface area contributed by atoms with Crippen LogP contribution < -0.4 is 5.32 Å². The van der Waals surface area contributed by atoms with Gasteiger partial charge in [0, 0.05) is 32.2 Å². The zero-order valence-electron chi connectivity index (χ0n) is 12.2. The second-order valence-corrected chi connectivity index (χ2v) is 5.37. The first-order chi connectivity index (χ1) is 10.1. The first-order valence-corrected chi connectivity index (χ1v) is 7.22. The molecule has 2 unspecified atom stereocenters. The topological polar surface area (TPSA) is 44.7 Å². The fourth-order valence-electron chi connectivity index (χ4n) is 2.36. The molecule has 0 bridgehead atoms. The summed E-state index contributed by atoms with van der Waals surface area (Å²) in [4.78, 5) is 2.15. The standard InChI is InChI=1S/C15H22F2N2O2/c1-11(12-2-3-14(16)15(17)8-12)18-9-13(20)10-19-4-6-21-7-5-19/h2-3,8,11,13,18,20H,4-7,9-10H2,1H3. The normalized spacial score (nSPS) is 19.4. The van der Waals surface area contributed by atoms with Crippen molar-refractivity contribution in [3.63, 3.8) is 0 Å². The molecule has 0 amide bonds. The van der Waals surface area contributed by atoms with Crippen molar-refractivity contribution in [2.24, 2.45) is 0 Å². The van der Waals surface area contributed by atoms with Crippen LogP contribution in [0.1, 0.15) is 18.5 Å². The minimum atomic E-state index is -0.852. The molecular weight excluding hydrogens is 278 g/mol. The largest absolute Gasteiger partial charge is 0.390 e. The molecule has 1 aromatic carbocycles. The number of nitrogens with zero attached hydrogens (tertiary/aromatic N) is 1. The summed E-state index contributed by atoms with van der Waals surface area (Å²) in [7, 11) is 0. The lowest BCUT2D eigenvalue weighted by molar-refractivity contribution is 0.0145. The first kappa shape index (κ1) is 16.3.